The number of nitrogens with one attached hydrogen (secondary N) is 2. The van der Waals surface area contributed by atoms with Gasteiger partial charge in [-0.2, -0.15) is 0 Å². The second-order valence-electron chi connectivity index (χ2n) is 6.42. The lowest BCUT2D eigenvalue weighted by Gasteiger charge is -2.15. The smallest absolute Gasteiger partial charge is 0.237 e. The fourth-order valence-corrected chi connectivity index (χ4v) is 3.54. The zero-order chi connectivity index (χ0) is 18.7. The summed E-state index contributed by atoms with van der Waals surface area (Å²) in [5.74, 6) is 1.08. The predicted octanol–water partition coefficient (Wildman–Crippen LogP) is 4.81. The maximum atomic E-state index is 12.6. The zero-order valence-corrected chi connectivity index (χ0v) is 16.2. The molecule has 0 aliphatic carbocycles. The molecule has 26 heavy (non-hydrogen) atoms. The van der Waals surface area contributed by atoms with Crippen LogP contribution in [0.1, 0.15) is 32.3 Å². The van der Waals surface area contributed by atoms with Crippen molar-refractivity contribution in [3.63, 3.8) is 0 Å². The Morgan fingerprint density at radius 2 is 1.96 bits per heavy atom. The number of benzene rings is 2. The van der Waals surface area contributed by atoms with E-state index in [1.54, 1.807) is 7.11 Å². The number of aromatic amines is 1. The highest BCUT2D eigenvalue weighted by Gasteiger charge is 2.18. The summed E-state index contributed by atoms with van der Waals surface area (Å²) in [5, 5.41) is 3.48. The summed E-state index contributed by atoms with van der Waals surface area (Å²) in [6, 6.07) is 13.6. The van der Waals surface area contributed by atoms with Crippen molar-refractivity contribution in [1.29, 1.82) is 0 Å². The molecule has 0 aliphatic rings. The third-order valence-corrected chi connectivity index (χ3v) is 5.15. The summed E-state index contributed by atoms with van der Waals surface area (Å²) >= 11 is 1.40. The van der Waals surface area contributed by atoms with E-state index in [-0.39, 0.29) is 11.2 Å². The summed E-state index contributed by atoms with van der Waals surface area (Å²) in [4.78, 5) is 20.4. The van der Waals surface area contributed by atoms with Crippen molar-refractivity contribution >= 4 is 34.4 Å². The number of para-hydroxylation sites is 1. The largest absolute Gasteiger partial charge is 0.497 e. The minimum absolute atomic E-state index is 0.0406. The van der Waals surface area contributed by atoms with E-state index in [0.717, 1.165) is 28.0 Å². The van der Waals surface area contributed by atoms with Crippen LogP contribution in [0.2, 0.25) is 0 Å². The number of hydrogen-bond donors (Lipinski definition) is 2. The van der Waals surface area contributed by atoms with Gasteiger partial charge in [0.25, 0.3) is 0 Å². The minimum atomic E-state index is -0.280. The highest BCUT2D eigenvalue weighted by Crippen LogP contribution is 2.28. The molecule has 0 saturated heterocycles. The van der Waals surface area contributed by atoms with E-state index in [1.165, 1.54) is 11.8 Å². The molecular weight excluding hydrogens is 346 g/mol. The van der Waals surface area contributed by atoms with Crippen molar-refractivity contribution in [1.82, 2.24) is 9.97 Å². The molecule has 136 valence electrons. The first-order valence-corrected chi connectivity index (χ1v) is 9.46. The quantitative estimate of drug-likeness (QED) is 0.612. The van der Waals surface area contributed by atoms with Crippen molar-refractivity contribution in [2.45, 2.75) is 37.1 Å². The Labute approximate surface area is 157 Å². The molecule has 1 atom stereocenters. The van der Waals surface area contributed by atoms with Gasteiger partial charge in [0.2, 0.25) is 5.91 Å². The molecule has 2 aromatic carbocycles. The maximum absolute atomic E-state index is 12.6. The Balaban J connectivity index is 1.71. The van der Waals surface area contributed by atoms with E-state index in [4.69, 9.17) is 4.74 Å². The van der Waals surface area contributed by atoms with Crippen molar-refractivity contribution in [2.75, 3.05) is 12.4 Å². The van der Waals surface area contributed by atoms with Crippen LogP contribution in [-0.4, -0.2) is 28.2 Å². The van der Waals surface area contributed by atoms with Gasteiger partial charge in [0.05, 0.1) is 23.4 Å². The molecule has 0 saturated carbocycles. The van der Waals surface area contributed by atoms with Crippen molar-refractivity contribution in [3.8, 4) is 5.75 Å². The SMILES string of the molecule is COc1ccc2nc(SC(C)C(=O)Nc3ccccc3C(C)C)[nH]c2c1. The molecule has 1 heterocycles. The van der Waals surface area contributed by atoms with Gasteiger partial charge in [-0.3, -0.25) is 4.79 Å². The van der Waals surface area contributed by atoms with Gasteiger partial charge >= 0.3 is 0 Å². The molecule has 1 amide bonds. The van der Waals surface area contributed by atoms with Crippen LogP contribution >= 0.6 is 11.8 Å². The van der Waals surface area contributed by atoms with Crippen molar-refractivity contribution < 1.29 is 9.53 Å². The Bertz CT molecular complexity index is 920. The molecule has 0 bridgehead atoms. The molecule has 5 nitrogen and oxygen atoms in total. The molecule has 1 unspecified atom stereocenters. The van der Waals surface area contributed by atoms with E-state index >= 15 is 0 Å². The van der Waals surface area contributed by atoms with Gasteiger partial charge in [-0.05, 0) is 36.6 Å². The lowest BCUT2D eigenvalue weighted by Crippen LogP contribution is -2.23. The Morgan fingerprint density at radius 1 is 1.19 bits per heavy atom. The Morgan fingerprint density at radius 3 is 2.69 bits per heavy atom. The first kappa shape index (κ1) is 18.3. The van der Waals surface area contributed by atoms with Crippen LogP contribution in [0, 0.1) is 0 Å². The van der Waals surface area contributed by atoms with Gasteiger partial charge in [0.1, 0.15) is 5.75 Å². The van der Waals surface area contributed by atoms with Gasteiger partial charge < -0.3 is 15.0 Å². The fourth-order valence-electron chi connectivity index (χ4n) is 2.72. The van der Waals surface area contributed by atoms with Gasteiger partial charge in [0, 0.05) is 11.8 Å². The van der Waals surface area contributed by atoms with Crippen LogP contribution in [0.25, 0.3) is 11.0 Å². The molecule has 0 aliphatic heterocycles. The van der Waals surface area contributed by atoms with Gasteiger partial charge in [-0.15, -0.1) is 0 Å². The molecule has 3 aromatic rings. The second kappa shape index (κ2) is 7.83. The van der Waals surface area contributed by atoms with E-state index in [2.05, 4.69) is 29.1 Å². The van der Waals surface area contributed by atoms with E-state index < -0.39 is 0 Å². The minimum Gasteiger partial charge on any atom is -0.497 e. The van der Waals surface area contributed by atoms with Gasteiger partial charge in [-0.1, -0.05) is 43.8 Å². The van der Waals surface area contributed by atoms with Crippen LogP contribution in [0.4, 0.5) is 5.69 Å². The van der Waals surface area contributed by atoms with Gasteiger partial charge in [0.15, 0.2) is 5.16 Å². The van der Waals surface area contributed by atoms with Crippen molar-refractivity contribution in [3.05, 3.63) is 48.0 Å². The molecule has 3 rings (SSSR count). The first-order valence-electron chi connectivity index (χ1n) is 8.58. The number of methoxy groups -OCH3 is 1. The molecule has 0 spiro atoms. The topological polar surface area (TPSA) is 67.0 Å². The molecule has 0 fully saturated rings. The average Bonchev–Trinajstić information content (AvgIpc) is 3.03. The number of anilines is 1. The Kier molecular flexibility index (Phi) is 5.52. The number of thioether (sulfide) groups is 1. The number of H-pyrrole nitrogens is 1. The molecule has 2 N–H and O–H groups in total. The zero-order valence-electron chi connectivity index (χ0n) is 15.4. The summed E-state index contributed by atoms with van der Waals surface area (Å²) in [6.07, 6.45) is 0. The number of hydrogen-bond acceptors (Lipinski definition) is 4. The van der Waals surface area contributed by atoms with E-state index in [0.29, 0.717) is 11.1 Å². The lowest BCUT2D eigenvalue weighted by molar-refractivity contribution is -0.115. The standard InChI is InChI=1S/C20H23N3O2S/c1-12(2)15-7-5-6-8-16(15)21-19(24)13(3)26-20-22-17-10-9-14(25-4)11-18(17)23-20/h5-13H,1-4H3,(H,21,24)(H,22,23). The number of carbonyl (C=O) groups is 1. The summed E-state index contributed by atoms with van der Waals surface area (Å²) in [7, 11) is 1.63. The van der Waals surface area contributed by atoms with Crippen LogP contribution in [0.3, 0.4) is 0 Å². The number of ether oxygens (including phenoxy) is 1. The average molecular weight is 369 g/mol. The predicted molar refractivity (Wildman–Crippen MR) is 107 cm³/mol. The maximum Gasteiger partial charge on any atom is 0.237 e. The highest BCUT2D eigenvalue weighted by molar-refractivity contribution is 8.00. The summed E-state index contributed by atoms with van der Waals surface area (Å²) < 4.78 is 5.23. The monoisotopic (exact) mass is 369 g/mol. The number of rotatable bonds is 6. The first-order chi connectivity index (χ1) is 12.5. The molecule has 0 radical (unpaired) electrons. The van der Waals surface area contributed by atoms with Crippen molar-refractivity contribution in [2.24, 2.45) is 0 Å². The van der Waals surface area contributed by atoms with Crippen LogP contribution < -0.4 is 10.1 Å². The van der Waals surface area contributed by atoms with Gasteiger partial charge in [-0.25, -0.2) is 4.98 Å². The number of imidazole rings is 1. The highest BCUT2D eigenvalue weighted by atomic mass is 32.2. The second-order valence-corrected chi connectivity index (χ2v) is 7.75. The third kappa shape index (κ3) is 4.02. The van der Waals surface area contributed by atoms with Crippen LogP contribution in [0.15, 0.2) is 47.6 Å². The van der Waals surface area contributed by atoms with E-state index in [1.807, 2.05) is 49.4 Å². The fraction of sp³-hybridized carbons (Fsp3) is 0.300. The summed E-state index contributed by atoms with van der Waals surface area (Å²) in [6.45, 7) is 6.11. The molecular formula is C20H23N3O2S. The number of amides is 1. The van der Waals surface area contributed by atoms with E-state index in [9.17, 15) is 4.79 Å². The summed E-state index contributed by atoms with van der Waals surface area (Å²) in [5.41, 5.74) is 3.75. The normalized spacial score (nSPS) is 12.3. The Hall–Kier alpha value is -2.47. The molecule has 1 aromatic heterocycles. The lowest BCUT2D eigenvalue weighted by atomic mass is 10.0. The number of aromatic nitrogens is 2. The number of carbonyl (C=O) groups excluding carboxylic acids is 1. The number of nitrogens with zero attached hydrogens (tertiary/aromatic N) is 1. The third-order valence-electron chi connectivity index (χ3n) is 4.17. The molecule has 6 heteroatoms. The van der Waals surface area contributed by atoms with Crippen LogP contribution in [-0.2, 0) is 4.79 Å². The van der Waals surface area contributed by atoms with Crippen LogP contribution in [0.5, 0.6) is 5.75 Å². The number of fused-ring (bicyclic) bond motifs is 1.